The van der Waals surface area contributed by atoms with Crippen LogP contribution < -0.4 is 0 Å². The van der Waals surface area contributed by atoms with Gasteiger partial charge in [0.2, 0.25) is 11.8 Å². The number of aromatic hydroxyl groups is 1. The zero-order valence-electron chi connectivity index (χ0n) is 20.6. The quantitative estimate of drug-likeness (QED) is 0.416. The van der Waals surface area contributed by atoms with Gasteiger partial charge in [-0.05, 0) is 97.7 Å². The van der Waals surface area contributed by atoms with Crippen molar-refractivity contribution in [2.45, 2.75) is 44.9 Å². The number of likely N-dealkylation sites (tertiary alicyclic amines) is 2. The van der Waals surface area contributed by atoms with Crippen LogP contribution in [0.5, 0.6) is 5.75 Å². The summed E-state index contributed by atoms with van der Waals surface area (Å²) in [6, 6.07) is 10.7. The largest absolute Gasteiger partial charge is 0.507 e. The molecule has 2 fully saturated rings. The maximum absolute atomic E-state index is 12.5. The third-order valence-corrected chi connectivity index (χ3v) is 6.84. The molecule has 2 aromatic rings. The highest BCUT2D eigenvalue weighted by molar-refractivity contribution is 5.93. The summed E-state index contributed by atoms with van der Waals surface area (Å²) in [5, 5.41) is 13.4. The van der Waals surface area contributed by atoms with Crippen molar-refractivity contribution < 1.29 is 14.7 Å². The Morgan fingerprint density at radius 3 is 1.81 bits per heavy atom. The number of phenols is 1. The van der Waals surface area contributed by atoms with Crippen LogP contribution in [0.25, 0.3) is 12.2 Å². The SMILES string of the molecule is O=Nc1ccc(Cc2ccc(O)c(/C=C/C(=O)N3CCCCC3)c2)cc1/C=C/C(=O)N1CCCCC1. The maximum atomic E-state index is 12.5. The van der Waals surface area contributed by atoms with E-state index in [1.165, 1.54) is 12.2 Å². The lowest BCUT2D eigenvalue weighted by atomic mass is 9.99. The Labute approximate surface area is 212 Å². The van der Waals surface area contributed by atoms with Crippen LogP contribution in [0, 0.1) is 4.91 Å². The first-order valence-electron chi connectivity index (χ1n) is 12.8. The molecule has 0 atom stereocenters. The molecule has 2 aliphatic rings. The molecule has 7 heteroatoms. The zero-order valence-corrected chi connectivity index (χ0v) is 20.6. The summed E-state index contributed by atoms with van der Waals surface area (Å²) >= 11 is 0. The lowest BCUT2D eigenvalue weighted by molar-refractivity contribution is -0.127. The molecule has 0 spiro atoms. The molecule has 0 bridgehead atoms. The molecule has 0 saturated carbocycles. The number of carbonyl (C=O) groups excluding carboxylic acids is 2. The van der Waals surface area contributed by atoms with Gasteiger partial charge in [0.05, 0.1) is 0 Å². The van der Waals surface area contributed by atoms with Gasteiger partial charge in [0.1, 0.15) is 11.4 Å². The van der Waals surface area contributed by atoms with E-state index in [0.717, 1.165) is 75.8 Å². The molecule has 2 saturated heterocycles. The molecular formula is C29H33N3O4. The Morgan fingerprint density at radius 2 is 1.25 bits per heavy atom. The molecule has 2 aliphatic heterocycles. The first kappa shape index (κ1) is 25.4. The number of piperidine rings is 2. The number of benzene rings is 2. The Morgan fingerprint density at radius 1 is 0.750 bits per heavy atom. The van der Waals surface area contributed by atoms with Gasteiger partial charge in [-0.2, -0.15) is 0 Å². The number of hydrogen-bond acceptors (Lipinski definition) is 5. The molecule has 2 aromatic carbocycles. The lowest BCUT2D eigenvalue weighted by Gasteiger charge is -2.25. The van der Waals surface area contributed by atoms with E-state index in [4.69, 9.17) is 0 Å². The molecule has 0 aliphatic carbocycles. The highest BCUT2D eigenvalue weighted by atomic mass is 16.3. The van der Waals surface area contributed by atoms with Gasteiger partial charge < -0.3 is 14.9 Å². The predicted molar refractivity (Wildman–Crippen MR) is 142 cm³/mol. The van der Waals surface area contributed by atoms with Crippen LogP contribution in [-0.4, -0.2) is 52.9 Å². The third-order valence-electron chi connectivity index (χ3n) is 6.84. The summed E-state index contributed by atoms with van der Waals surface area (Å²) in [5.74, 6) is 0.0276. The van der Waals surface area contributed by atoms with Gasteiger partial charge in [-0.25, -0.2) is 0 Å². The summed E-state index contributed by atoms with van der Waals surface area (Å²) in [6.45, 7) is 3.09. The van der Waals surface area contributed by atoms with Gasteiger partial charge in [0, 0.05) is 49.5 Å². The molecule has 36 heavy (non-hydrogen) atoms. The number of amides is 2. The minimum Gasteiger partial charge on any atom is -0.507 e. The molecule has 1 N–H and O–H groups in total. The van der Waals surface area contributed by atoms with Crippen LogP contribution in [0.1, 0.15) is 60.8 Å². The average molecular weight is 488 g/mol. The van der Waals surface area contributed by atoms with Gasteiger partial charge >= 0.3 is 0 Å². The second-order valence-corrected chi connectivity index (χ2v) is 9.49. The Hall–Kier alpha value is -3.74. The van der Waals surface area contributed by atoms with Crippen LogP contribution in [0.2, 0.25) is 0 Å². The minimum atomic E-state index is -0.0500. The molecular weight excluding hydrogens is 454 g/mol. The fraction of sp³-hybridized carbons (Fsp3) is 0.379. The van der Waals surface area contributed by atoms with E-state index in [1.54, 1.807) is 24.3 Å². The number of nitroso groups, excluding NO2 is 1. The molecule has 4 rings (SSSR count). The smallest absolute Gasteiger partial charge is 0.246 e. The van der Waals surface area contributed by atoms with Crippen LogP contribution in [0.3, 0.4) is 0 Å². The summed E-state index contributed by atoms with van der Waals surface area (Å²) in [5.41, 5.74) is 3.35. The molecule has 2 heterocycles. The van der Waals surface area contributed by atoms with Gasteiger partial charge in [0.15, 0.2) is 0 Å². The number of carbonyl (C=O) groups is 2. The first-order valence-corrected chi connectivity index (χ1v) is 12.8. The van der Waals surface area contributed by atoms with Crippen molar-refractivity contribution in [2.24, 2.45) is 5.18 Å². The summed E-state index contributed by atoms with van der Waals surface area (Å²) in [7, 11) is 0. The van der Waals surface area contributed by atoms with Crippen LogP contribution >= 0.6 is 0 Å². The van der Waals surface area contributed by atoms with Crippen molar-refractivity contribution in [3.05, 3.63) is 75.7 Å². The van der Waals surface area contributed by atoms with Gasteiger partial charge in [-0.3, -0.25) is 9.59 Å². The number of hydrogen-bond donors (Lipinski definition) is 1. The van der Waals surface area contributed by atoms with Crippen molar-refractivity contribution in [3.8, 4) is 5.75 Å². The van der Waals surface area contributed by atoms with E-state index in [9.17, 15) is 19.6 Å². The second-order valence-electron chi connectivity index (χ2n) is 9.49. The number of rotatable bonds is 7. The standard InChI is InChI=1S/C29H33N3O4/c33-27-12-8-23(21-25(27)10-14-29(35)32-17-5-2-6-18-32)19-22-7-11-26(30-36)24(20-22)9-13-28(34)31-15-3-1-4-16-31/h7-14,20-21,33H,1-6,15-19H2/b13-9+,14-10+. The summed E-state index contributed by atoms with van der Waals surface area (Å²) in [4.78, 5) is 40.0. The molecule has 0 aromatic heterocycles. The van der Waals surface area contributed by atoms with Gasteiger partial charge in [-0.1, -0.05) is 12.1 Å². The maximum Gasteiger partial charge on any atom is 0.246 e. The highest BCUT2D eigenvalue weighted by Gasteiger charge is 2.15. The van der Waals surface area contributed by atoms with E-state index in [0.29, 0.717) is 17.5 Å². The van der Waals surface area contributed by atoms with Crippen molar-refractivity contribution in [1.29, 1.82) is 0 Å². The number of phenolic OH excluding ortho intramolecular Hbond substituents is 1. The Balaban J connectivity index is 1.47. The topological polar surface area (TPSA) is 90.3 Å². The van der Waals surface area contributed by atoms with Crippen LogP contribution in [0.4, 0.5) is 5.69 Å². The van der Waals surface area contributed by atoms with Crippen LogP contribution in [0.15, 0.2) is 53.7 Å². The molecule has 2 amide bonds. The van der Waals surface area contributed by atoms with Crippen LogP contribution in [-0.2, 0) is 16.0 Å². The lowest BCUT2D eigenvalue weighted by Crippen LogP contribution is -2.34. The van der Waals surface area contributed by atoms with E-state index in [-0.39, 0.29) is 23.3 Å². The first-order chi connectivity index (χ1) is 17.5. The number of nitrogens with zero attached hydrogens (tertiary/aromatic N) is 3. The molecule has 188 valence electrons. The van der Waals surface area contributed by atoms with E-state index in [2.05, 4.69) is 5.18 Å². The predicted octanol–water partition coefficient (Wildman–Crippen LogP) is 5.43. The van der Waals surface area contributed by atoms with E-state index < -0.39 is 0 Å². The summed E-state index contributed by atoms with van der Waals surface area (Å²) in [6.07, 6.45) is 13.3. The Kier molecular flexibility index (Phi) is 8.66. The monoisotopic (exact) mass is 487 g/mol. The second kappa shape index (κ2) is 12.3. The fourth-order valence-corrected chi connectivity index (χ4v) is 4.78. The average Bonchev–Trinajstić information content (AvgIpc) is 2.93. The minimum absolute atomic E-state index is 0.0352. The van der Waals surface area contributed by atoms with Crippen molar-refractivity contribution >= 4 is 29.7 Å². The van der Waals surface area contributed by atoms with Crippen molar-refractivity contribution in [2.75, 3.05) is 26.2 Å². The molecule has 0 radical (unpaired) electrons. The molecule has 7 nitrogen and oxygen atoms in total. The van der Waals surface area contributed by atoms with Gasteiger partial charge in [0.25, 0.3) is 0 Å². The van der Waals surface area contributed by atoms with Gasteiger partial charge in [-0.15, -0.1) is 4.91 Å². The zero-order chi connectivity index (χ0) is 25.3. The third kappa shape index (κ3) is 6.68. The Bertz CT molecular complexity index is 1160. The summed E-state index contributed by atoms with van der Waals surface area (Å²) < 4.78 is 0. The van der Waals surface area contributed by atoms with Crippen molar-refractivity contribution in [1.82, 2.24) is 9.80 Å². The fourth-order valence-electron chi connectivity index (χ4n) is 4.78. The van der Waals surface area contributed by atoms with E-state index in [1.807, 2.05) is 34.1 Å². The normalized spacial score (nSPS) is 16.6. The highest BCUT2D eigenvalue weighted by Crippen LogP contribution is 2.26. The molecule has 0 unspecified atom stereocenters. The van der Waals surface area contributed by atoms with Crippen molar-refractivity contribution in [3.63, 3.8) is 0 Å². The van der Waals surface area contributed by atoms with E-state index >= 15 is 0 Å².